The first-order valence-electron chi connectivity index (χ1n) is 6.09. The van der Waals surface area contributed by atoms with Gasteiger partial charge in [-0.3, -0.25) is 0 Å². The Morgan fingerprint density at radius 1 is 1.28 bits per heavy atom. The first-order valence-corrected chi connectivity index (χ1v) is 6.97. The summed E-state index contributed by atoms with van der Waals surface area (Å²) in [7, 11) is 0. The number of benzene rings is 1. The lowest BCUT2D eigenvalue weighted by atomic mass is 10.3. The molecule has 1 aromatic rings. The van der Waals surface area contributed by atoms with Crippen molar-refractivity contribution in [1.82, 2.24) is 0 Å². The fourth-order valence-electron chi connectivity index (χ4n) is 1.42. The molecule has 0 aliphatic carbocycles. The molecule has 0 aliphatic heterocycles. The number of rotatable bonds is 9. The van der Waals surface area contributed by atoms with Gasteiger partial charge in [0.05, 0.1) is 6.61 Å². The van der Waals surface area contributed by atoms with Crippen LogP contribution in [0.4, 0.5) is 14.5 Å². The average Bonchev–Trinajstić information content (AvgIpc) is 2.35. The molecule has 0 spiro atoms. The second-order valence-corrected chi connectivity index (χ2v) is 4.80. The van der Waals surface area contributed by atoms with Crippen LogP contribution in [0.25, 0.3) is 0 Å². The van der Waals surface area contributed by atoms with E-state index < -0.39 is 5.76 Å². The fourth-order valence-corrected chi connectivity index (χ4v) is 2.03. The molecule has 0 heterocycles. The van der Waals surface area contributed by atoms with Crippen LogP contribution in [-0.2, 0) is 4.74 Å². The number of hydrogen-bond acceptors (Lipinski definition) is 3. The minimum atomic E-state index is -2.39. The lowest BCUT2D eigenvalue weighted by Gasteiger charge is -2.11. The lowest BCUT2D eigenvalue weighted by Crippen LogP contribution is -2.10. The highest BCUT2D eigenvalue weighted by Crippen LogP contribution is 2.31. The third-order valence-corrected chi connectivity index (χ3v) is 3.10. The Hall–Kier alpha value is -0.810. The van der Waals surface area contributed by atoms with E-state index in [-0.39, 0.29) is 0 Å². The highest BCUT2D eigenvalue weighted by Gasteiger charge is 2.08. The molecule has 102 valence electrons. The van der Waals surface area contributed by atoms with Crippen molar-refractivity contribution in [2.24, 2.45) is 0 Å². The van der Waals surface area contributed by atoms with E-state index in [1.165, 1.54) is 0 Å². The highest BCUT2D eigenvalue weighted by atomic mass is 32.2. The molecule has 1 rings (SSSR count). The summed E-state index contributed by atoms with van der Waals surface area (Å²) >= 11 is 0.560. The van der Waals surface area contributed by atoms with Crippen molar-refractivity contribution in [2.45, 2.75) is 30.4 Å². The molecular weight excluding hydrogens is 256 g/mol. The maximum absolute atomic E-state index is 12.3. The maximum Gasteiger partial charge on any atom is 0.288 e. The molecule has 0 atom stereocenters. The summed E-state index contributed by atoms with van der Waals surface area (Å²) in [5.74, 6) is -2.39. The van der Waals surface area contributed by atoms with Crippen molar-refractivity contribution in [1.29, 1.82) is 0 Å². The van der Waals surface area contributed by atoms with Gasteiger partial charge in [0.1, 0.15) is 0 Å². The predicted octanol–water partition coefficient (Wildman–Crippen LogP) is 4.23. The van der Waals surface area contributed by atoms with Gasteiger partial charge >= 0.3 is 0 Å². The van der Waals surface area contributed by atoms with Crippen molar-refractivity contribution in [3.63, 3.8) is 0 Å². The molecule has 0 saturated carbocycles. The molecule has 0 saturated heterocycles. The summed E-state index contributed by atoms with van der Waals surface area (Å²) in [6.45, 7) is 4.09. The minimum absolute atomic E-state index is 0.560. The Labute approximate surface area is 111 Å². The summed E-state index contributed by atoms with van der Waals surface area (Å²) in [5, 5.41) is 3.12. The maximum atomic E-state index is 12.3. The zero-order valence-electron chi connectivity index (χ0n) is 10.5. The SMILES string of the molecule is CCCCOCCNc1ccccc1SC(F)F. The van der Waals surface area contributed by atoms with E-state index in [1.54, 1.807) is 18.2 Å². The normalized spacial score (nSPS) is 10.9. The Balaban J connectivity index is 2.32. The van der Waals surface area contributed by atoms with Crippen molar-refractivity contribution >= 4 is 17.4 Å². The predicted molar refractivity (Wildman–Crippen MR) is 72.5 cm³/mol. The Morgan fingerprint density at radius 3 is 2.78 bits per heavy atom. The van der Waals surface area contributed by atoms with Crippen LogP contribution in [0.2, 0.25) is 0 Å². The molecule has 0 aromatic heterocycles. The fraction of sp³-hybridized carbons (Fsp3) is 0.538. The summed E-state index contributed by atoms with van der Waals surface area (Å²) in [4.78, 5) is 0.570. The zero-order valence-corrected chi connectivity index (χ0v) is 11.3. The number of anilines is 1. The van der Waals surface area contributed by atoms with Gasteiger partial charge in [0.15, 0.2) is 0 Å². The third kappa shape index (κ3) is 6.21. The molecule has 5 heteroatoms. The number of thioether (sulfide) groups is 1. The molecule has 18 heavy (non-hydrogen) atoms. The van der Waals surface area contributed by atoms with Gasteiger partial charge in [-0.1, -0.05) is 37.2 Å². The van der Waals surface area contributed by atoms with Gasteiger partial charge in [-0.2, -0.15) is 8.78 Å². The van der Waals surface area contributed by atoms with Crippen LogP contribution in [0.15, 0.2) is 29.2 Å². The zero-order chi connectivity index (χ0) is 13.2. The summed E-state index contributed by atoms with van der Waals surface area (Å²) < 4.78 is 30.1. The van der Waals surface area contributed by atoms with Crippen LogP contribution in [0.1, 0.15) is 19.8 Å². The van der Waals surface area contributed by atoms with Gasteiger partial charge in [0.2, 0.25) is 0 Å². The second-order valence-electron chi connectivity index (χ2n) is 3.77. The lowest BCUT2D eigenvalue weighted by molar-refractivity contribution is 0.141. The number of nitrogens with one attached hydrogen (secondary N) is 1. The smallest absolute Gasteiger partial charge is 0.288 e. The van der Waals surface area contributed by atoms with Gasteiger partial charge in [0, 0.05) is 23.7 Å². The van der Waals surface area contributed by atoms with Gasteiger partial charge in [-0.05, 0) is 18.6 Å². The first-order chi connectivity index (χ1) is 8.74. The Kier molecular flexibility index (Phi) is 7.76. The van der Waals surface area contributed by atoms with E-state index in [1.807, 2.05) is 6.07 Å². The monoisotopic (exact) mass is 275 g/mol. The molecule has 0 amide bonds. The van der Waals surface area contributed by atoms with Crippen LogP contribution in [0.5, 0.6) is 0 Å². The van der Waals surface area contributed by atoms with E-state index in [0.29, 0.717) is 29.8 Å². The van der Waals surface area contributed by atoms with Gasteiger partial charge in [-0.15, -0.1) is 0 Å². The number of halogens is 2. The van der Waals surface area contributed by atoms with Gasteiger partial charge < -0.3 is 10.1 Å². The third-order valence-electron chi connectivity index (χ3n) is 2.31. The van der Waals surface area contributed by atoms with Crippen LogP contribution in [0, 0.1) is 0 Å². The van der Waals surface area contributed by atoms with Crippen molar-refractivity contribution in [2.75, 3.05) is 25.1 Å². The van der Waals surface area contributed by atoms with E-state index in [0.717, 1.165) is 25.1 Å². The highest BCUT2D eigenvalue weighted by molar-refractivity contribution is 7.99. The summed E-state index contributed by atoms with van der Waals surface area (Å²) in [6.07, 6.45) is 2.17. The van der Waals surface area contributed by atoms with Crippen LogP contribution in [-0.4, -0.2) is 25.5 Å². The standard InChI is InChI=1S/C13H19F2NOS/c1-2-3-9-17-10-8-16-11-6-4-5-7-12(11)18-13(14)15/h4-7,13,16H,2-3,8-10H2,1H3. The average molecular weight is 275 g/mol. The largest absolute Gasteiger partial charge is 0.382 e. The van der Waals surface area contributed by atoms with Crippen molar-refractivity contribution < 1.29 is 13.5 Å². The van der Waals surface area contributed by atoms with Crippen LogP contribution < -0.4 is 5.32 Å². The van der Waals surface area contributed by atoms with Crippen LogP contribution in [0.3, 0.4) is 0 Å². The molecule has 0 unspecified atom stereocenters. The molecule has 0 aliphatic rings. The molecule has 1 N–H and O–H groups in total. The second kappa shape index (κ2) is 9.16. The molecule has 0 radical (unpaired) electrons. The number of ether oxygens (including phenoxy) is 1. The number of hydrogen-bond donors (Lipinski definition) is 1. The van der Waals surface area contributed by atoms with Gasteiger partial charge in [0.25, 0.3) is 5.76 Å². The topological polar surface area (TPSA) is 21.3 Å². The quantitative estimate of drug-likeness (QED) is 0.538. The van der Waals surface area contributed by atoms with Crippen molar-refractivity contribution in [3.8, 4) is 0 Å². The molecular formula is C13H19F2NOS. The minimum Gasteiger partial charge on any atom is -0.382 e. The van der Waals surface area contributed by atoms with Crippen LogP contribution >= 0.6 is 11.8 Å². The number of para-hydroxylation sites is 1. The molecule has 2 nitrogen and oxygen atoms in total. The van der Waals surface area contributed by atoms with Crippen molar-refractivity contribution in [3.05, 3.63) is 24.3 Å². The first kappa shape index (κ1) is 15.2. The van der Waals surface area contributed by atoms with E-state index >= 15 is 0 Å². The molecule has 0 bridgehead atoms. The summed E-state index contributed by atoms with van der Waals surface area (Å²) in [5.41, 5.74) is 0.738. The summed E-state index contributed by atoms with van der Waals surface area (Å²) in [6, 6.07) is 7.08. The molecule has 1 aromatic carbocycles. The number of unbranched alkanes of at least 4 members (excludes halogenated alkanes) is 1. The van der Waals surface area contributed by atoms with E-state index in [9.17, 15) is 8.78 Å². The van der Waals surface area contributed by atoms with E-state index in [2.05, 4.69) is 12.2 Å². The Bertz CT molecular complexity index is 337. The number of alkyl halides is 2. The van der Waals surface area contributed by atoms with E-state index in [4.69, 9.17) is 4.74 Å². The molecule has 0 fully saturated rings. The van der Waals surface area contributed by atoms with Gasteiger partial charge in [-0.25, -0.2) is 0 Å². The Morgan fingerprint density at radius 2 is 2.06 bits per heavy atom.